The number of carbonyl (C=O) groups is 3. The predicted molar refractivity (Wildman–Crippen MR) is 131 cm³/mol. The molecule has 0 bridgehead atoms. The molecule has 0 aliphatic carbocycles. The maximum Gasteiger partial charge on any atom is 0.352 e. The van der Waals surface area contributed by atoms with Crippen LogP contribution in [-0.2, 0) is 19.4 Å². The average molecular weight is 546 g/mol. The number of imidazole rings is 1. The predicted octanol–water partition coefficient (Wildman–Crippen LogP) is 0.407. The number of rotatable bonds is 8. The fourth-order valence-corrected chi connectivity index (χ4v) is 7.38. The number of sulfone groups is 1. The highest BCUT2D eigenvalue weighted by Gasteiger charge is 2.60. The largest absolute Gasteiger partial charge is 0.477 e. The summed E-state index contributed by atoms with van der Waals surface area (Å²) in [6, 6.07) is 0.760. The van der Waals surface area contributed by atoms with Crippen LogP contribution < -0.4 is 5.73 Å². The number of aliphatic hydroxyl groups excluding tert-OH is 1. The normalized spacial score (nSPS) is 22.3. The van der Waals surface area contributed by atoms with Gasteiger partial charge in [0.15, 0.2) is 9.84 Å². The summed E-state index contributed by atoms with van der Waals surface area (Å²) < 4.78 is 26.3. The van der Waals surface area contributed by atoms with Crippen molar-refractivity contribution in [1.82, 2.24) is 19.3 Å². The van der Waals surface area contributed by atoms with Crippen LogP contribution in [0.1, 0.15) is 34.8 Å². The summed E-state index contributed by atoms with van der Waals surface area (Å²) in [7, 11) is -3.70. The Morgan fingerprint density at radius 1 is 1.30 bits per heavy atom. The Morgan fingerprint density at radius 2 is 2.03 bits per heavy atom. The van der Waals surface area contributed by atoms with Gasteiger partial charge in [-0.25, -0.2) is 18.2 Å². The second-order valence-corrected chi connectivity index (χ2v) is 12.2. The summed E-state index contributed by atoms with van der Waals surface area (Å²) in [6.45, 7) is 3.24. The topological polar surface area (TPSA) is 185 Å². The molecule has 5 heterocycles. The number of pyridine rings is 1. The molecule has 3 aromatic heterocycles. The molecule has 1 fully saturated rings. The van der Waals surface area contributed by atoms with Gasteiger partial charge in [-0.3, -0.25) is 19.0 Å². The highest BCUT2D eigenvalue weighted by Crippen LogP contribution is 2.51. The number of aliphatic carboxylic acids is 1. The van der Waals surface area contributed by atoms with Crippen LogP contribution in [0.5, 0.6) is 0 Å². The molecule has 0 aromatic carbocycles. The standard InChI is InChI=1S/C23H23N5O7S2/c1-10-15(19(23(32)33)28-18(10)16(11(2)29)21(28)31)14-8-27-9-26-17(22(27)36-14)20(30)12-5-13(7-25-6-12)37(34,35)4-3-24/h5-11,16,18,29H,3-4,24H2,1-2H3,(H,32,33)/t10-,11+,16+,18+/m0/s1. The Balaban J connectivity index is 1.55. The quantitative estimate of drug-likeness (QED) is 0.264. The van der Waals surface area contributed by atoms with Crippen LogP contribution in [0.3, 0.4) is 0 Å². The molecule has 12 nitrogen and oxygen atoms in total. The first-order valence-corrected chi connectivity index (χ1v) is 13.8. The van der Waals surface area contributed by atoms with E-state index in [1.165, 1.54) is 30.4 Å². The average Bonchev–Trinajstić information content (AvgIpc) is 3.48. The third-order valence-electron chi connectivity index (χ3n) is 6.79. The first-order valence-electron chi connectivity index (χ1n) is 11.4. The van der Waals surface area contributed by atoms with Gasteiger partial charge in [0.05, 0.1) is 33.6 Å². The van der Waals surface area contributed by atoms with E-state index in [2.05, 4.69) is 9.97 Å². The first kappa shape index (κ1) is 25.2. The number of carbonyl (C=O) groups excluding carboxylic acids is 2. The molecule has 4 N–H and O–H groups in total. The maximum atomic E-state index is 13.3. The van der Waals surface area contributed by atoms with Crippen LogP contribution in [0.2, 0.25) is 0 Å². The summed E-state index contributed by atoms with van der Waals surface area (Å²) in [4.78, 5) is 48.3. The number of hydrogen-bond acceptors (Lipinski definition) is 10. The Kier molecular flexibility index (Phi) is 6.02. The number of hydrogen-bond donors (Lipinski definition) is 3. The van der Waals surface area contributed by atoms with Gasteiger partial charge in [-0.15, -0.1) is 11.3 Å². The van der Waals surface area contributed by atoms with Gasteiger partial charge in [0.25, 0.3) is 0 Å². The molecule has 0 radical (unpaired) electrons. The van der Waals surface area contributed by atoms with E-state index in [-0.39, 0.29) is 40.1 Å². The van der Waals surface area contributed by atoms with Crippen LogP contribution in [0.4, 0.5) is 0 Å². The zero-order valence-corrected chi connectivity index (χ0v) is 21.4. The van der Waals surface area contributed by atoms with Gasteiger partial charge in [0, 0.05) is 42.2 Å². The number of carboxylic acid groups (broad SMARTS) is 1. The minimum atomic E-state index is -3.70. The number of aromatic nitrogens is 3. The van der Waals surface area contributed by atoms with Crippen molar-refractivity contribution in [3.05, 3.63) is 52.8 Å². The van der Waals surface area contributed by atoms with Gasteiger partial charge in [-0.05, 0) is 13.0 Å². The molecular formula is C23H23N5O7S2. The molecule has 4 atom stereocenters. The van der Waals surface area contributed by atoms with Crippen molar-refractivity contribution in [1.29, 1.82) is 0 Å². The van der Waals surface area contributed by atoms with Crippen molar-refractivity contribution in [3.8, 4) is 0 Å². The minimum Gasteiger partial charge on any atom is -0.477 e. The molecule has 14 heteroatoms. The van der Waals surface area contributed by atoms with E-state index >= 15 is 0 Å². The lowest BCUT2D eigenvalue weighted by Crippen LogP contribution is -2.63. The number of carboxylic acids is 1. The summed E-state index contributed by atoms with van der Waals surface area (Å²) >= 11 is 1.14. The number of aliphatic hydroxyl groups is 1. The van der Waals surface area contributed by atoms with Crippen LogP contribution in [0, 0.1) is 11.8 Å². The fourth-order valence-electron chi connectivity index (χ4n) is 5.10. The maximum absolute atomic E-state index is 13.3. The molecule has 37 heavy (non-hydrogen) atoms. The third-order valence-corrected chi connectivity index (χ3v) is 9.64. The van der Waals surface area contributed by atoms with Crippen LogP contribution >= 0.6 is 11.3 Å². The molecule has 1 saturated heterocycles. The van der Waals surface area contributed by atoms with E-state index in [1.54, 1.807) is 10.6 Å². The smallest absolute Gasteiger partial charge is 0.352 e. The number of fused-ring (bicyclic) bond motifs is 2. The van der Waals surface area contributed by atoms with Crippen molar-refractivity contribution in [2.24, 2.45) is 17.6 Å². The Bertz CT molecular complexity index is 1600. The van der Waals surface area contributed by atoms with Gasteiger partial charge in [-0.2, -0.15) is 0 Å². The molecule has 194 valence electrons. The minimum absolute atomic E-state index is 0.0304. The SMILES string of the molecule is C[C@@H](O)[C@H]1C(=O)N2C(C(=O)O)=C(c3cn4cnc(C(=O)c5cncc(S(=O)(=O)CCN)c5)c4s3)[C@H](C)[C@H]12. The number of thiazole rings is 1. The highest BCUT2D eigenvalue weighted by atomic mass is 32.2. The summed E-state index contributed by atoms with van der Waals surface area (Å²) in [6.07, 6.45) is 4.54. The van der Waals surface area contributed by atoms with Crippen molar-refractivity contribution in [3.63, 3.8) is 0 Å². The number of β-lactam (4-membered cyclic amide) rings is 1. The van der Waals surface area contributed by atoms with Crippen LogP contribution in [-0.4, -0.2) is 80.0 Å². The van der Waals surface area contributed by atoms with Crippen LogP contribution in [0.25, 0.3) is 10.4 Å². The van der Waals surface area contributed by atoms with Gasteiger partial charge in [0.1, 0.15) is 22.5 Å². The number of nitrogens with two attached hydrogens (primary N) is 1. The summed E-state index contributed by atoms with van der Waals surface area (Å²) in [5, 5.41) is 20.0. The molecule has 0 saturated carbocycles. The molecule has 0 unspecified atom stereocenters. The Labute approximate surface area is 215 Å². The molecule has 1 amide bonds. The number of ketones is 1. The fraction of sp³-hybridized carbons (Fsp3) is 0.348. The first-order chi connectivity index (χ1) is 17.5. The van der Waals surface area contributed by atoms with E-state index in [9.17, 15) is 33.0 Å². The Hall–Kier alpha value is -3.46. The second kappa shape index (κ2) is 8.83. The van der Waals surface area contributed by atoms with Crippen molar-refractivity contribution in [2.75, 3.05) is 12.3 Å². The van der Waals surface area contributed by atoms with Gasteiger partial charge in [-0.1, -0.05) is 6.92 Å². The number of nitrogens with zero attached hydrogens (tertiary/aromatic N) is 4. The zero-order chi connectivity index (χ0) is 26.8. The van der Waals surface area contributed by atoms with Crippen molar-refractivity contribution < 1.29 is 33.0 Å². The molecule has 5 rings (SSSR count). The van der Waals surface area contributed by atoms with E-state index in [0.29, 0.717) is 15.3 Å². The lowest BCUT2D eigenvalue weighted by Gasteiger charge is -2.46. The van der Waals surface area contributed by atoms with Crippen molar-refractivity contribution >= 4 is 49.2 Å². The molecule has 0 spiro atoms. The highest BCUT2D eigenvalue weighted by molar-refractivity contribution is 7.91. The monoisotopic (exact) mass is 545 g/mol. The molecular weight excluding hydrogens is 522 g/mol. The van der Waals surface area contributed by atoms with Crippen molar-refractivity contribution in [2.45, 2.75) is 30.9 Å². The Morgan fingerprint density at radius 3 is 2.68 bits per heavy atom. The zero-order valence-electron chi connectivity index (χ0n) is 19.7. The van der Waals surface area contributed by atoms with Gasteiger partial charge >= 0.3 is 5.97 Å². The lowest BCUT2D eigenvalue weighted by atomic mass is 9.77. The van der Waals surface area contributed by atoms with Gasteiger partial charge < -0.3 is 20.8 Å². The van der Waals surface area contributed by atoms with E-state index in [0.717, 1.165) is 17.5 Å². The van der Waals surface area contributed by atoms with E-state index in [1.807, 2.05) is 6.92 Å². The summed E-state index contributed by atoms with van der Waals surface area (Å²) in [5.74, 6) is -3.58. The summed E-state index contributed by atoms with van der Waals surface area (Å²) in [5.41, 5.74) is 5.77. The second-order valence-electron chi connectivity index (χ2n) is 9.07. The number of amides is 1. The van der Waals surface area contributed by atoms with Gasteiger partial charge in [0.2, 0.25) is 11.7 Å². The molecule has 2 aliphatic rings. The van der Waals surface area contributed by atoms with Crippen LogP contribution in [0.15, 0.2) is 41.6 Å². The third kappa shape index (κ3) is 3.79. The molecule has 2 aliphatic heterocycles. The molecule has 3 aromatic rings. The van der Waals surface area contributed by atoms with E-state index < -0.39 is 45.6 Å². The van der Waals surface area contributed by atoms with E-state index in [4.69, 9.17) is 5.73 Å². The lowest BCUT2D eigenvalue weighted by molar-refractivity contribution is -0.163.